The van der Waals surface area contributed by atoms with Crippen LogP contribution in [-0.2, 0) is 38.2 Å². The van der Waals surface area contributed by atoms with E-state index in [0.29, 0.717) is 30.0 Å². The maximum Gasteiger partial charge on any atom is 0.310 e. The van der Waals surface area contributed by atoms with Crippen molar-refractivity contribution in [2.75, 3.05) is 26.6 Å². The number of hydrogen-bond acceptors (Lipinski definition) is 10. The van der Waals surface area contributed by atoms with Crippen molar-refractivity contribution in [3.63, 3.8) is 0 Å². The van der Waals surface area contributed by atoms with Gasteiger partial charge in [-0.25, -0.2) is 0 Å². The molecule has 3 aliphatic rings. The molecule has 39 heavy (non-hydrogen) atoms. The lowest BCUT2D eigenvalue weighted by Gasteiger charge is -2.60. The van der Waals surface area contributed by atoms with Crippen LogP contribution in [0.4, 0.5) is 5.69 Å². The summed E-state index contributed by atoms with van der Waals surface area (Å²) >= 11 is 0. The number of carbonyl (C=O) groups is 5. The van der Waals surface area contributed by atoms with Gasteiger partial charge in [0.25, 0.3) is 5.91 Å². The monoisotopic (exact) mass is 545 g/mol. The van der Waals surface area contributed by atoms with Crippen LogP contribution in [0.5, 0.6) is 11.5 Å². The topological polar surface area (TPSA) is 144 Å². The second-order valence-electron chi connectivity index (χ2n) is 11.1. The van der Waals surface area contributed by atoms with E-state index >= 15 is 0 Å². The largest absolute Gasteiger partial charge is 0.497 e. The van der Waals surface area contributed by atoms with Gasteiger partial charge in [-0.05, 0) is 23.7 Å². The number of ketones is 1. The lowest BCUT2D eigenvalue weighted by atomic mass is 9.43. The lowest BCUT2D eigenvalue weighted by molar-refractivity contribution is -0.209. The first-order valence-electron chi connectivity index (χ1n) is 12.9. The molecule has 212 valence electrons. The highest BCUT2D eigenvalue weighted by Gasteiger charge is 2.68. The second kappa shape index (κ2) is 10.5. The van der Waals surface area contributed by atoms with Gasteiger partial charge < -0.3 is 29.0 Å². The fourth-order valence-corrected chi connectivity index (χ4v) is 7.07. The van der Waals surface area contributed by atoms with E-state index in [9.17, 15) is 24.0 Å². The number of anilines is 1. The molecule has 3 fully saturated rings. The first kappa shape index (κ1) is 28.4. The molecule has 0 radical (unpaired) electrons. The van der Waals surface area contributed by atoms with Crippen LogP contribution in [-0.4, -0.2) is 63.1 Å². The maximum absolute atomic E-state index is 13.9. The van der Waals surface area contributed by atoms with Gasteiger partial charge in [-0.1, -0.05) is 13.8 Å². The SMILES string of the molecule is COC(=O)[C@@H]1C[C@H](OC(C)=O)C(=O)[C@H]2[C@@]1(C)CC[C@H]1C(=O)O[C@H](C(=O)Nc3cc(OC)cc(OC)c3)C[C@]21C. The molecule has 1 heterocycles. The Morgan fingerprint density at radius 3 is 2.21 bits per heavy atom. The van der Waals surface area contributed by atoms with Crippen LogP contribution in [0.15, 0.2) is 18.2 Å². The molecule has 11 heteroatoms. The predicted octanol–water partition coefficient (Wildman–Crippen LogP) is 2.69. The van der Waals surface area contributed by atoms with Crippen LogP contribution >= 0.6 is 0 Å². The molecule has 0 bridgehead atoms. The summed E-state index contributed by atoms with van der Waals surface area (Å²) in [5.41, 5.74) is -1.54. The van der Waals surface area contributed by atoms with Crippen molar-refractivity contribution in [2.24, 2.45) is 28.6 Å². The number of benzene rings is 1. The Hall–Kier alpha value is -3.63. The van der Waals surface area contributed by atoms with Gasteiger partial charge in [0.15, 0.2) is 18.0 Å². The highest BCUT2D eigenvalue weighted by atomic mass is 16.6. The molecule has 0 spiro atoms. The van der Waals surface area contributed by atoms with Crippen molar-refractivity contribution < 1.29 is 47.7 Å². The number of cyclic esters (lactones) is 1. The van der Waals surface area contributed by atoms with E-state index in [1.54, 1.807) is 25.1 Å². The van der Waals surface area contributed by atoms with Gasteiger partial charge in [-0.2, -0.15) is 0 Å². The number of Topliss-reactive ketones (excluding diaryl/α,β-unsaturated/α-hetero) is 1. The van der Waals surface area contributed by atoms with Crippen LogP contribution in [0.25, 0.3) is 0 Å². The Morgan fingerprint density at radius 2 is 1.64 bits per heavy atom. The minimum absolute atomic E-state index is 0.00483. The Morgan fingerprint density at radius 1 is 1.00 bits per heavy atom. The van der Waals surface area contributed by atoms with Crippen molar-refractivity contribution >= 4 is 35.3 Å². The molecular weight excluding hydrogens is 510 g/mol. The Labute approximate surface area is 226 Å². The molecule has 1 amide bonds. The quantitative estimate of drug-likeness (QED) is 0.418. The van der Waals surface area contributed by atoms with Crippen molar-refractivity contribution in [3.05, 3.63) is 18.2 Å². The number of amides is 1. The number of fused-ring (bicyclic) bond motifs is 3. The molecule has 1 aromatic rings. The van der Waals surface area contributed by atoms with E-state index in [2.05, 4.69) is 5.32 Å². The smallest absolute Gasteiger partial charge is 0.310 e. The van der Waals surface area contributed by atoms with Crippen LogP contribution in [0.1, 0.15) is 46.5 Å². The summed E-state index contributed by atoms with van der Waals surface area (Å²) in [6.07, 6.45) is -1.53. The van der Waals surface area contributed by atoms with Crippen LogP contribution in [0.2, 0.25) is 0 Å². The summed E-state index contributed by atoms with van der Waals surface area (Å²) in [7, 11) is 4.24. The van der Waals surface area contributed by atoms with Crippen LogP contribution in [0.3, 0.4) is 0 Å². The molecule has 1 aliphatic heterocycles. The lowest BCUT2D eigenvalue weighted by Crippen LogP contribution is -2.66. The summed E-state index contributed by atoms with van der Waals surface area (Å²) in [5.74, 6) is -4.01. The number of carbonyl (C=O) groups excluding carboxylic acids is 5. The van der Waals surface area contributed by atoms with Crippen molar-refractivity contribution in [1.82, 2.24) is 0 Å². The minimum atomic E-state index is -1.20. The first-order chi connectivity index (χ1) is 18.4. The standard InChI is InChI=1S/C28H35NO10/c1-14(30)38-20-12-19(25(33)37-6)27(2)8-7-18-26(34)39-21(13-28(18,3)23(27)22(20)31)24(32)29-15-9-16(35-4)11-17(10-15)36-5/h9-11,18-21,23H,7-8,12-13H2,1-6H3,(H,29,32)/t18-,19-,20-,21-,23-,27-,28-/m0/s1. The number of ether oxygens (including phenoxy) is 5. The molecular formula is C28H35NO10. The normalized spacial score (nSPS) is 33.5. The zero-order valence-corrected chi connectivity index (χ0v) is 23.0. The van der Waals surface area contributed by atoms with Gasteiger partial charge in [-0.15, -0.1) is 0 Å². The fourth-order valence-electron chi connectivity index (χ4n) is 7.07. The van der Waals surface area contributed by atoms with Gasteiger partial charge in [0.2, 0.25) is 0 Å². The maximum atomic E-state index is 13.9. The van der Waals surface area contributed by atoms with Gasteiger partial charge in [0.1, 0.15) is 11.5 Å². The molecule has 11 nitrogen and oxygen atoms in total. The zero-order valence-electron chi connectivity index (χ0n) is 23.0. The summed E-state index contributed by atoms with van der Waals surface area (Å²) in [4.78, 5) is 65.3. The molecule has 1 N–H and O–H groups in total. The summed E-state index contributed by atoms with van der Waals surface area (Å²) in [6.45, 7) is 4.84. The van der Waals surface area contributed by atoms with Crippen molar-refractivity contribution in [3.8, 4) is 11.5 Å². The predicted molar refractivity (Wildman–Crippen MR) is 136 cm³/mol. The third-order valence-electron chi connectivity index (χ3n) is 8.81. The van der Waals surface area contributed by atoms with Gasteiger partial charge in [0.05, 0.1) is 33.2 Å². The molecule has 7 atom stereocenters. The summed E-state index contributed by atoms with van der Waals surface area (Å²) in [6, 6.07) is 4.85. The number of methoxy groups -OCH3 is 3. The van der Waals surface area contributed by atoms with E-state index in [0.717, 1.165) is 0 Å². The van der Waals surface area contributed by atoms with Crippen LogP contribution in [0, 0.1) is 28.6 Å². The number of hydrogen-bond donors (Lipinski definition) is 1. The molecule has 0 unspecified atom stereocenters. The Kier molecular flexibility index (Phi) is 7.64. The highest BCUT2D eigenvalue weighted by molar-refractivity contribution is 5.98. The van der Waals surface area contributed by atoms with E-state index in [-0.39, 0.29) is 18.6 Å². The molecule has 1 saturated heterocycles. The molecule has 0 aromatic heterocycles. The number of nitrogens with one attached hydrogen (secondary N) is 1. The first-order valence-corrected chi connectivity index (χ1v) is 12.9. The molecule has 2 saturated carbocycles. The summed E-state index contributed by atoms with van der Waals surface area (Å²) in [5, 5.41) is 2.75. The fraction of sp³-hybridized carbons (Fsp3) is 0.607. The van der Waals surface area contributed by atoms with Crippen LogP contribution < -0.4 is 14.8 Å². The average molecular weight is 546 g/mol. The van der Waals surface area contributed by atoms with Gasteiger partial charge in [0, 0.05) is 49.6 Å². The van der Waals surface area contributed by atoms with E-state index in [1.165, 1.54) is 28.3 Å². The number of esters is 3. The van der Waals surface area contributed by atoms with Crippen molar-refractivity contribution in [1.29, 1.82) is 0 Å². The van der Waals surface area contributed by atoms with Crippen molar-refractivity contribution in [2.45, 2.75) is 58.7 Å². The minimum Gasteiger partial charge on any atom is -0.497 e. The zero-order chi connectivity index (χ0) is 28.7. The van der Waals surface area contributed by atoms with E-state index in [4.69, 9.17) is 23.7 Å². The van der Waals surface area contributed by atoms with E-state index in [1.807, 2.05) is 6.92 Å². The molecule has 2 aliphatic carbocycles. The van der Waals surface area contributed by atoms with Gasteiger partial charge >= 0.3 is 17.9 Å². The second-order valence-corrected chi connectivity index (χ2v) is 11.1. The third kappa shape index (κ3) is 4.94. The number of rotatable bonds is 6. The average Bonchev–Trinajstić information content (AvgIpc) is 2.88. The Bertz CT molecular complexity index is 1170. The Balaban J connectivity index is 1.69. The molecule has 4 rings (SSSR count). The highest BCUT2D eigenvalue weighted by Crippen LogP contribution is 2.64. The van der Waals surface area contributed by atoms with E-state index < -0.39 is 64.6 Å². The van der Waals surface area contributed by atoms with Gasteiger partial charge in [-0.3, -0.25) is 24.0 Å². The molecule has 1 aromatic carbocycles. The summed E-state index contributed by atoms with van der Waals surface area (Å²) < 4.78 is 26.6. The third-order valence-corrected chi connectivity index (χ3v) is 8.81.